The third-order valence-electron chi connectivity index (χ3n) is 6.12. The number of Topliss-reactive ketones (excluding diaryl/α,β-unsaturated/α-hetero) is 1. The molecule has 0 heterocycles. The first-order chi connectivity index (χ1) is 14.9. The van der Waals surface area contributed by atoms with Gasteiger partial charge in [0.25, 0.3) is 0 Å². The van der Waals surface area contributed by atoms with Crippen molar-refractivity contribution in [1.29, 1.82) is 0 Å². The predicted octanol–water partition coefficient (Wildman–Crippen LogP) is 5.74. The van der Waals surface area contributed by atoms with Crippen molar-refractivity contribution < 1.29 is 19.4 Å². The van der Waals surface area contributed by atoms with Gasteiger partial charge in [-0.2, -0.15) is 11.8 Å². The van der Waals surface area contributed by atoms with Crippen molar-refractivity contribution in [3.63, 3.8) is 0 Å². The van der Waals surface area contributed by atoms with Gasteiger partial charge >= 0.3 is 5.97 Å². The quantitative estimate of drug-likeness (QED) is 0.274. The molecule has 1 aliphatic carbocycles. The molecule has 1 aromatic rings. The molecule has 1 aliphatic rings. The molecule has 0 bridgehead atoms. The monoisotopic (exact) mass is 448 g/mol. The molecule has 1 N–H and O–H groups in total. The average Bonchev–Trinajstić information content (AvgIpc) is 3.09. The van der Waals surface area contributed by atoms with Crippen LogP contribution in [0.15, 0.2) is 30.3 Å². The van der Waals surface area contributed by atoms with E-state index < -0.39 is 5.60 Å². The van der Waals surface area contributed by atoms with Crippen LogP contribution in [-0.4, -0.2) is 40.1 Å². The molecule has 0 amide bonds. The van der Waals surface area contributed by atoms with Gasteiger partial charge in [-0.15, -0.1) is 0 Å². The molecule has 0 saturated heterocycles. The zero-order valence-corrected chi connectivity index (χ0v) is 20.1. The number of hydrogen-bond acceptors (Lipinski definition) is 5. The molecule has 4 nitrogen and oxygen atoms in total. The summed E-state index contributed by atoms with van der Waals surface area (Å²) in [4.78, 5) is 23.8. The highest BCUT2D eigenvalue weighted by Gasteiger charge is 2.35. The lowest BCUT2D eigenvalue weighted by atomic mass is 9.98. The molecule has 3 atom stereocenters. The summed E-state index contributed by atoms with van der Waals surface area (Å²) in [5.74, 6) is 1.11. The van der Waals surface area contributed by atoms with Crippen molar-refractivity contribution in [2.45, 2.75) is 95.3 Å². The standard InChI is InChI=1S/C26H40O4S/c1-3-30-25(28)16-10-5-4-9-15-22-23(27)17-18-24(22)31-20-26(2,29)19-11-14-21-12-7-6-8-13-21/h6-8,12-13,22,24,29H,3-5,9-11,14-20H2,1-2H3. The molecule has 0 aliphatic heterocycles. The molecule has 31 heavy (non-hydrogen) atoms. The van der Waals surface area contributed by atoms with Crippen molar-refractivity contribution in [3.8, 4) is 0 Å². The van der Waals surface area contributed by atoms with Crippen molar-refractivity contribution in [2.75, 3.05) is 12.4 Å². The van der Waals surface area contributed by atoms with Crippen molar-refractivity contribution in [3.05, 3.63) is 35.9 Å². The highest BCUT2D eigenvalue weighted by Crippen LogP contribution is 2.37. The third-order valence-corrected chi connectivity index (χ3v) is 7.90. The molecule has 3 unspecified atom stereocenters. The minimum atomic E-state index is -0.692. The van der Waals surface area contributed by atoms with Gasteiger partial charge < -0.3 is 9.84 Å². The Labute approximate surface area is 192 Å². The SMILES string of the molecule is CCOC(=O)CCCCCCC1C(=O)CCC1SCC(C)(O)CCCc1ccccc1. The molecular formula is C26H40O4S. The van der Waals surface area contributed by atoms with Gasteiger partial charge in [-0.25, -0.2) is 0 Å². The van der Waals surface area contributed by atoms with E-state index in [0.717, 1.165) is 57.8 Å². The fraction of sp³-hybridized carbons (Fsp3) is 0.692. The normalized spacial score (nSPS) is 20.5. The molecule has 2 rings (SSSR count). The van der Waals surface area contributed by atoms with Gasteiger partial charge in [0.05, 0.1) is 12.2 Å². The lowest BCUT2D eigenvalue weighted by Gasteiger charge is -2.26. The molecule has 0 spiro atoms. The summed E-state index contributed by atoms with van der Waals surface area (Å²) < 4.78 is 4.95. The Balaban J connectivity index is 1.64. The minimum absolute atomic E-state index is 0.110. The van der Waals surface area contributed by atoms with Gasteiger partial charge in [-0.05, 0) is 57.9 Å². The van der Waals surface area contributed by atoms with E-state index in [1.807, 2.05) is 19.9 Å². The Morgan fingerprint density at radius 2 is 1.90 bits per heavy atom. The first kappa shape index (κ1) is 25.9. The van der Waals surface area contributed by atoms with Crippen LogP contribution in [0, 0.1) is 5.92 Å². The molecule has 5 heteroatoms. The number of carbonyl (C=O) groups excluding carboxylic acids is 2. The summed E-state index contributed by atoms with van der Waals surface area (Å²) in [6.45, 7) is 4.21. The first-order valence-electron chi connectivity index (χ1n) is 12.0. The fourth-order valence-corrected chi connectivity index (χ4v) is 5.84. The summed E-state index contributed by atoms with van der Waals surface area (Å²) in [5, 5.41) is 11.2. The van der Waals surface area contributed by atoms with Crippen LogP contribution in [-0.2, 0) is 20.7 Å². The second-order valence-electron chi connectivity index (χ2n) is 9.05. The number of ketones is 1. The van der Waals surface area contributed by atoms with E-state index in [2.05, 4.69) is 24.3 Å². The van der Waals surface area contributed by atoms with E-state index in [4.69, 9.17) is 4.74 Å². The zero-order chi connectivity index (χ0) is 22.5. The number of aryl methyl sites for hydroxylation is 1. The number of thioether (sulfide) groups is 1. The Hall–Kier alpha value is -1.33. The van der Waals surface area contributed by atoms with Crippen LogP contribution < -0.4 is 0 Å². The number of benzene rings is 1. The van der Waals surface area contributed by atoms with Crippen LogP contribution in [0.25, 0.3) is 0 Å². The Morgan fingerprint density at radius 1 is 1.16 bits per heavy atom. The average molecular weight is 449 g/mol. The molecule has 0 aromatic heterocycles. The molecule has 0 radical (unpaired) electrons. The second-order valence-corrected chi connectivity index (χ2v) is 10.3. The van der Waals surface area contributed by atoms with Crippen LogP contribution in [0.3, 0.4) is 0 Å². The predicted molar refractivity (Wildman–Crippen MR) is 128 cm³/mol. The fourth-order valence-electron chi connectivity index (χ4n) is 4.32. The summed E-state index contributed by atoms with van der Waals surface area (Å²) in [6, 6.07) is 10.4. The van der Waals surface area contributed by atoms with Gasteiger partial charge in [-0.1, -0.05) is 49.6 Å². The van der Waals surface area contributed by atoms with Crippen LogP contribution in [0.4, 0.5) is 0 Å². The smallest absolute Gasteiger partial charge is 0.305 e. The first-order valence-corrected chi connectivity index (χ1v) is 13.0. The number of ether oxygens (including phenoxy) is 1. The van der Waals surface area contributed by atoms with Crippen molar-refractivity contribution in [2.24, 2.45) is 5.92 Å². The Kier molecular flexibility index (Phi) is 11.7. The number of esters is 1. The van der Waals surface area contributed by atoms with Crippen LogP contribution in [0.5, 0.6) is 0 Å². The molecule has 1 fully saturated rings. The topological polar surface area (TPSA) is 63.6 Å². The van der Waals surface area contributed by atoms with E-state index in [1.165, 1.54) is 5.56 Å². The highest BCUT2D eigenvalue weighted by atomic mass is 32.2. The number of hydrogen-bond donors (Lipinski definition) is 1. The van der Waals surface area contributed by atoms with Crippen LogP contribution in [0.2, 0.25) is 0 Å². The Morgan fingerprint density at radius 3 is 2.65 bits per heavy atom. The maximum absolute atomic E-state index is 12.4. The Bertz CT molecular complexity index is 659. The summed E-state index contributed by atoms with van der Waals surface area (Å²) >= 11 is 1.79. The van der Waals surface area contributed by atoms with E-state index in [9.17, 15) is 14.7 Å². The summed E-state index contributed by atoms with van der Waals surface area (Å²) in [7, 11) is 0. The van der Waals surface area contributed by atoms with Crippen LogP contribution in [0.1, 0.15) is 83.6 Å². The maximum atomic E-state index is 12.4. The van der Waals surface area contributed by atoms with Gasteiger partial charge in [0.2, 0.25) is 0 Å². The largest absolute Gasteiger partial charge is 0.466 e. The van der Waals surface area contributed by atoms with E-state index >= 15 is 0 Å². The van der Waals surface area contributed by atoms with Crippen LogP contribution >= 0.6 is 11.8 Å². The summed E-state index contributed by atoms with van der Waals surface area (Å²) in [6.07, 6.45) is 9.74. The van der Waals surface area contributed by atoms with E-state index in [0.29, 0.717) is 36.2 Å². The van der Waals surface area contributed by atoms with Gasteiger partial charge in [0.1, 0.15) is 5.78 Å². The number of aliphatic hydroxyl groups is 1. The minimum Gasteiger partial charge on any atom is -0.466 e. The second kappa shape index (κ2) is 13.9. The number of carbonyl (C=O) groups is 2. The van der Waals surface area contributed by atoms with Gasteiger partial charge in [-0.3, -0.25) is 9.59 Å². The summed E-state index contributed by atoms with van der Waals surface area (Å²) in [5.41, 5.74) is 0.623. The highest BCUT2D eigenvalue weighted by molar-refractivity contribution is 8.00. The van der Waals surface area contributed by atoms with Crippen molar-refractivity contribution in [1.82, 2.24) is 0 Å². The van der Waals surface area contributed by atoms with Gasteiger partial charge in [0.15, 0.2) is 0 Å². The van der Waals surface area contributed by atoms with E-state index in [-0.39, 0.29) is 11.9 Å². The number of rotatable bonds is 15. The molecule has 1 saturated carbocycles. The lowest BCUT2D eigenvalue weighted by molar-refractivity contribution is -0.143. The molecular weight excluding hydrogens is 408 g/mol. The molecule has 1 aromatic carbocycles. The molecule has 174 valence electrons. The maximum Gasteiger partial charge on any atom is 0.305 e. The third kappa shape index (κ3) is 10.2. The number of unbranched alkanes of at least 4 members (excludes halogenated alkanes) is 3. The van der Waals surface area contributed by atoms with Gasteiger partial charge in [0, 0.05) is 29.8 Å². The zero-order valence-electron chi connectivity index (χ0n) is 19.3. The lowest BCUT2D eigenvalue weighted by Crippen LogP contribution is -2.29. The van der Waals surface area contributed by atoms with Crippen molar-refractivity contribution >= 4 is 23.5 Å². The van der Waals surface area contributed by atoms with E-state index in [1.54, 1.807) is 11.8 Å².